The molecule has 1 aromatic rings. The molecule has 0 spiro atoms. The number of hydrogen-bond acceptors (Lipinski definition) is 5. The summed E-state index contributed by atoms with van der Waals surface area (Å²) in [5.41, 5.74) is 0.906. The number of nitrogens with zero attached hydrogens (tertiary/aromatic N) is 3. The van der Waals surface area contributed by atoms with Gasteiger partial charge in [-0.2, -0.15) is 4.98 Å². The molecule has 0 aliphatic heterocycles. The molecule has 0 aliphatic carbocycles. The number of ether oxygens (including phenoxy) is 1. The van der Waals surface area contributed by atoms with E-state index in [1.54, 1.807) is 0 Å². The number of rotatable bonds is 6. The molecule has 0 aromatic carbocycles. The largest absolute Gasteiger partial charge is 0.475 e. The lowest BCUT2D eigenvalue weighted by Crippen LogP contribution is -2.21. The second-order valence-electron chi connectivity index (χ2n) is 4.57. The van der Waals surface area contributed by atoms with E-state index < -0.39 is 0 Å². The van der Waals surface area contributed by atoms with Crippen LogP contribution in [0.4, 0.5) is 5.95 Å². The Bertz CT molecular complexity index is 352. The van der Waals surface area contributed by atoms with Gasteiger partial charge in [0.25, 0.3) is 0 Å². The molecule has 5 heteroatoms. The maximum Gasteiger partial charge on any atom is 0.226 e. The number of likely N-dealkylation sites (N-methyl/N-ethyl adjacent to an activating group) is 1. The lowest BCUT2D eigenvalue weighted by Gasteiger charge is -2.13. The van der Waals surface area contributed by atoms with Gasteiger partial charge in [-0.05, 0) is 34.9 Å². The molecule has 0 atom stereocenters. The van der Waals surface area contributed by atoms with Gasteiger partial charge in [0.05, 0.1) is 6.10 Å². The van der Waals surface area contributed by atoms with E-state index in [1.165, 1.54) is 0 Å². The number of nitrogens with one attached hydrogen (secondary N) is 1. The second-order valence-corrected chi connectivity index (χ2v) is 4.57. The van der Waals surface area contributed by atoms with Crippen molar-refractivity contribution in [2.45, 2.75) is 26.9 Å². The van der Waals surface area contributed by atoms with Gasteiger partial charge >= 0.3 is 0 Å². The van der Waals surface area contributed by atoms with Crippen molar-refractivity contribution in [1.29, 1.82) is 0 Å². The fourth-order valence-corrected chi connectivity index (χ4v) is 1.31. The molecule has 0 bridgehead atoms. The van der Waals surface area contributed by atoms with Crippen molar-refractivity contribution in [3.8, 4) is 5.88 Å². The molecule has 1 rings (SSSR count). The summed E-state index contributed by atoms with van der Waals surface area (Å²) >= 11 is 0. The topological polar surface area (TPSA) is 50.3 Å². The first-order chi connectivity index (χ1) is 7.97. The summed E-state index contributed by atoms with van der Waals surface area (Å²) in [5.74, 6) is 1.25. The third-order valence-corrected chi connectivity index (χ3v) is 2.03. The van der Waals surface area contributed by atoms with Gasteiger partial charge in [0.15, 0.2) is 0 Å². The number of aryl methyl sites for hydroxylation is 1. The summed E-state index contributed by atoms with van der Waals surface area (Å²) in [4.78, 5) is 10.7. The molecule has 0 amide bonds. The van der Waals surface area contributed by atoms with Crippen LogP contribution in [0.1, 0.15) is 19.5 Å². The van der Waals surface area contributed by atoms with Gasteiger partial charge in [-0.1, -0.05) is 0 Å². The van der Waals surface area contributed by atoms with Crippen LogP contribution in [0.5, 0.6) is 5.88 Å². The molecule has 0 saturated carbocycles. The minimum Gasteiger partial charge on any atom is -0.475 e. The van der Waals surface area contributed by atoms with E-state index in [0.29, 0.717) is 11.8 Å². The normalized spacial score (nSPS) is 11.0. The molecule has 0 unspecified atom stereocenters. The van der Waals surface area contributed by atoms with Crippen LogP contribution >= 0.6 is 0 Å². The summed E-state index contributed by atoms with van der Waals surface area (Å²) in [5, 5.41) is 3.19. The highest BCUT2D eigenvalue weighted by Gasteiger charge is 2.04. The van der Waals surface area contributed by atoms with Crippen LogP contribution in [0.3, 0.4) is 0 Å². The van der Waals surface area contributed by atoms with E-state index in [4.69, 9.17) is 4.74 Å². The molecule has 1 N–H and O–H groups in total. The summed E-state index contributed by atoms with van der Waals surface area (Å²) in [6.45, 7) is 7.66. The molecule has 0 aliphatic rings. The van der Waals surface area contributed by atoms with Crippen molar-refractivity contribution >= 4 is 5.95 Å². The summed E-state index contributed by atoms with van der Waals surface area (Å²) in [7, 11) is 4.07. The van der Waals surface area contributed by atoms with Gasteiger partial charge in [0.1, 0.15) is 0 Å². The van der Waals surface area contributed by atoms with Crippen LogP contribution in [0, 0.1) is 6.92 Å². The van der Waals surface area contributed by atoms with E-state index in [9.17, 15) is 0 Å². The lowest BCUT2D eigenvalue weighted by molar-refractivity contribution is 0.232. The Labute approximate surface area is 103 Å². The van der Waals surface area contributed by atoms with E-state index in [0.717, 1.165) is 18.8 Å². The van der Waals surface area contributed by atoms with Crippen LogP contribution < -0.4 is 10.1 Å². The molecule has 5 nitrogen and oxygen atoms in total. The minimum atomic E-state index is 0.124. The SMILES string of the molecule is Cc1cc(OC(C)C)nc(NCCN(C)C)n1. The van der Waals surface area contributed by atoms with Gasteiger partial charge in [-0.15, -0.1) is 0 Å². The van der Waals surface area contributed by atoms with E-state index >= 15 is 0 Å². The maximum atomic E-state index is 5.56. The quantitative estimate of drug-likeness (QED) is 0.815. The number of anilines is 1. The molecular weight excluding hydrogens is 216 g/mol. The Balaban J connectivity index is 2.62. The third kappa shape index (κ3) is 5.49. The predicted molar refractivity (Wildman–Crippen MR) is 69.6 cm³/mol. The van der Waals surface area contributed by atoms with E-state index in [2.05, 4.69) is 20.2 Å². The Hall–Kier alpha value is -1.36. The highest BCUT2D eigenvalue weighted by Crippen LogP contribution is 2.13. The Morgan fingerprint density at radius 3 is 2.65 bits per heavy atom. The molecular formula is C12H22N4O. The minimum absolute atomic E-state index is 0.124. The number of hydrogen-bond donors (Lipinski definition) is 1. The maximum absolute atomic E-state index is 5.56. The number of aromatic nitrogens is 2. The van der Waals surface area contributed by atoms with E-state index in [1.807, 2.05) is 40.9 Å². The standard InChI is InChI=1S/C12H22N4O/c1-9(2)17-11-8-10(3)14-12(15-11)13-6-7-16(4)5/h8-9H,6-7H2,1-5H3,(H,13,14,15). The Morgan fingerprint density at radius 2 is 2.06 bits per heavy atom. The van der Waals surface area contributed by atoms with Gasteiger partial charge in [-0.3, -0.25) is 0 Å². The predicted octanol–water partition coefficient (Wildman–Crippen LogP) is 1.55. The Kier molecular flexibility index (Phi) is 5.15. The first kappa shape index (κ1) is 13.7. The van der Waals surface area contributed by atoms with Crippen molar-refractivity contribution in [3.63, 3.8) is 0 Å². The van der Waals surface area contributed by atoms with Crippen molar-refractivity contribution in [3.05, 3.63) is 11.8 Å². The smallest absolute Gasteiger partial charge is 0.226 e. The van der Waals surface area contributed by atoms with Gasteiger partial charge in [0, 0.05) is 24.8 Å². The van der Waals surface area contributed by atoms with E-state index in [-0.39, 0.29) is 6.10 Å². The van der Waals surface area contributed by atoms with Gasteiger partial charge in [0.2, 0.25) is 11.8 Å². The van der Waals surface area contributed by atoms with Gasteiger partial charge < -0.3 is 15.0 Å². The molecule has 1 aromatic heterocycles. The van der Waals surface area contributed by atoms with Crippen LogP contribution in [-0.4, -0.2) is 48.2 Å². The van der Waals surface area contributed by atoms with Crippen molar-refractivity contribution in [2.24, 2.45) is 0 Å². The third-order valence-electron chi connectivity index (χ3n) is 2.03. The zero-order valence-corrected chi connectivity index (χ0v) is 11.3. The molecule has 0 saturated heterocycles. The van der Waals surface area contributed by atoms with Crippen LogP contribution in [-0.2, 0) is 0 Å². The van der Waals surface area contributed by atoms with Crippen molar-refractivity contribution in [2.75, 3.05) is 32.5 Å². The molecule has 96 valence electrons. The second kappa shape index (κ2) is 6.39. The highest BCUT2D eigenvalue weighted by atomic mass is 16.5. The fraction of sp³-hybridized carbons (Fsp3) is 0.667. The average molecular weight is 238 g/mol. The average Bonchev–Trinajstić information content (AvgIpc) is 2.14. The van der Waals surface area contributed by atoms with Gasteiger partial charge in [-0.25, -0.2) is 4.98 Å². The summed E-state index contributed by atoms with van der Waals surface area (Å²) in [6.07, 6.45) is 0.124. The lowest BCUT2D eigenvalue weighted by atomic mass is 10.4. The van der Waals surface area contributed by atoms with Crippen molar-refractivity contribution < 1.29 is 4.74 Å². The summed E-state index contributed by atoms with van der Waals surface area (Å²) < 4.78 is 5.56. The van der Waals surface area contributed by atoms with Crippen LogP contribution in [0.15, 0.2) is 6.07 Å². The molecule has 1 heterocycles. The Morgan fingerprint density at radius 1 is 1.35 bits per heavy atom. The monoisotopic (exact) mass is 238 g/mol. The summed E-state index contributed by atoms with van der Waals surface area (Å²) in [6, 6.07) is 1.84. The first-order valence-corrected chi connectivity index (χ1v) is 5.88. The molecule has 17 heavy (non-hydrogen) atoms. The van der Waals surface area contributed by atoms with Crippen LogP contribution in [0.2, 0.25) is 0 Å². The first-order valence-electron chi connectivity index (χ1n) is 5.88. The zero-order valence-electron chi connectivity index (χ0n) is 11.3. The molecule has 0 radical (unpaired) electrons. The molecule has 0 fully saturated rings. The fourth-order valence-electron chi connectivity index (χ4n) is 1.31. The van der Waals surface area contributed by atoms with Crippen molar-refractivity contribution in [1.82, 2.24) is 14.9 Å². The van der Waals surface area contributed by atoms with Crippen LogP contribution in [0.25, 0.3) is 0 Å². The zero-order chi connectivity index (χ0) is 12.8. The highest BCUT2D eigenvalue weighted by molar-refractivity contribution is 5.30.